The van der Waals surface area contributed by atoms with Crippen LogP contribution in [0.3, 0.4) is 0 Å². The molecule has 0 aliphatic carbocycles. The maximum Gasteiger partial charge on any atom is 0.223 e. The minimum absolute atomic E-state index is 0.0901. The third-order valence-electron chi connectivity index (χ3n) is 6.27. The highest BCUT2D eigenvalue weighted by atomic mass is 19.1. The Labute approximate surface area is 195 Å². The van der Waals surface area contributed by atoms with Crippen molar-refractivity contribution in [3.63, 3.8) is 0 Å². The number of hydrogen-bond acceptors (Lipinski definition) is 8. The number of Topliss-reactive ketones (excluding diaryl/α,β-unsaturated/α-hetero) is 1. The number of hydrogen-bond donors (Lipinski definition) is 1. The van der Waals surface area contributed by atoms with E-state index in [1.165, 1.54) is 23.8 Å². The van der Waals surface area contributed by atoms with Gasteiger partial charge in [0.1, 0.15) is 5.78 Å². The van der Waals surface area contributed by atoms with E-state index in [0.29, 0.717) is 35.3 Å². The van der Waals surface area contributed by atoms with Crippen molar-refractivity contribution in [3.05, 3.63) is 36.2 Å². The van der Waals surface area contributed by atoms with Crippen LogP contribution in [0.25, 0.3) is 16.6 Å². The van der Waals surface area contributed by atoms with Gasteiger partial charge in [-0.15, -0.1) is 5.10 Å². The number of ketones is 1. The Balaban J connectivity index is 1.40. The van der Waals surface area contributed by atoms with Crippen LogP contribution in [-0.2, 0) is 11.3 Å². The van der Waals surface area contributed by atoms with Crippen molar-refractivity contribution in [2.45, 2.75) is 45.1 Å². The SMILES string of the molecule is COc1cc2nc(N)n3nc(C4CCCN(c5cnn(CCCC(C)=O)c5)C4)nc3c2cc1F. The van der Waals surface area contributed by atoms with E-state index in [4.69, 9.17) is 15.5 Å². The molecule has 1 atom stereocenters. The maximum atomic E-state index is 14.4. The lowest BCUT2D eigenvalue weighted by molar-refractivity contribution is -0.117. The van der Waals surface area contributed by atoms with Gasteiger partial charge in [-0.1, -0.05) is 0 Å². The standard InChI is InChI=1S/C23H27FN8O2/c1-14(33)5-3-8-31-13-16(11-26-31)30-7-4-6-15(12-30)21-28-22-17-9-18(24)20(34-2)10-19(17)27-23(25)32(22)29-21/h9-11,13,15H,3-8,12H2,1-2H3,(H2,25,27). The number of rotatable bonds is 7. The molecule has 34 heavy (non-hydrogen) atoms. The summed E-state index contributed by atoms with van der Waals surface area (Å²) < 4.78 is 22.8. The summed E-state index contributed by atoms with van der Waals surface area (Å²) in [5.41, 5.74) is 8.17. The molecule has 1 unspecified atom stereocenters. The first-order valence-electron chi connectivity index (χ1n) is 11.4. The van der Waals surface area contributed by atoms with Crippen LogP contribution >= 0.6 is 0 Å². The van der Waals surface area contributed by atoms with Crippen LogP contribution in [0.5, 0.6) is 5.75 Å². The average molecular weight is 467 g/mol. The predicted molar refractivity (Wildman–Crippen MR) is 126 cm³/mol. The van der Waals surface area contributed by atoms with Crippen LogP contribution < -0.4 is 15.4 Å². The van der Waals surface area contributed by atoms with Gasteiger partial charge in [0.25, 0.3) is 0 Å². The second-order valence-corrected chi connectivity index (χ2v) is 8.73. The van der Waals surface area contributed by atoms with Gasteiger partial charge >= 0.3 is 0 Å². The van der Waals surface area contributed by atoms with Crippen molar-refractivity contribution < 1.29 is 13.9 Å². The molecular weight excluding hydrogens is 439 g/mol. The van der Waals surface area contributed by atoms with Crippen molar-refractivity contribution in [1.82, 2.24) is 29.4 Å². The molecule has 1 fully saturated rings. The van der Waals surface area contributed by atoms with Gasteiger partial charge < -0.3 is 20.2 Å². The summed E-state index contributed by atoms with van der Waals surface area (Å²) in [7, 11) is 1.41. The molecule has 1 aromatic carbocycles. The predicted octanol–water partition coefficient (Wildman–Crippen LogP) is 2.96. The molecule has 0 spiro atoms. The lowest BCUT2D eigenvalue weighted by Crippen LogP contribution is -2.34. The van der Waals surface area contributed by atoms with E-state index in [9.17, 15) is 9.18 Å². The van der Waals surface area contributed by atoms with Gasteiger partial charge in [0.15, 0.2) is 23.0 Å². The smallest absolute Gasteiger partial charge is 0.223 e. The normalized spacial score (nSPS) is 16.4. The van der Waals surface area contributed by atoms with Crippen molar-refractivity contribution >= 4 is 34.0 Å². The highest BCUT2D eigenvalue weighted by Gasteiger charge is 2.27. The van der Waals surface area contributed by atoms with Crippen LogP contribution in [0.4, 0.5) is 16.0 Å². The molecule has 4 aromatic rings. The number of piperidine rings is 1. The number of ether oxygens (including phenoxy) is 1. The first kappa shape index (κ1) is 22.1. The zero-order chi connectivity index (χ0) is 23.8. The molecule has 10 nitrogen and oxygen atoms in total. The molecule has 1 saturated heterocycles. The first-order chi connectivity index (χ1) is 16.4. The van der Waals surface area contributed by atoms with Crippen molar-refractivity contribution in [2.24, 2.45) is 0 Å². The van der Waals surface area contributed by atoms with E-state index in [1.54, 1.807) is 6.92 Å². The van der Waals surface area contributed by atoms with E-state index in [0.717, 1.165) is 38.0 Å². The lowest BCUT2D eigenvalue weighted by Gasteiger charge is -2.32. The number of halogens is 1. The minimum Gasteiger partial charge on any atom is -0.494 e. The van der Waals surface area contributed by atoms with Gasteiger partial charge in [-0.05, 0) is 32.3 Å². The zero-order valence-electron chi connectivity index (χ0n) is 19.2. The first-order valence-corrected chi connectivity index (χ1v) is 11.4. The van der Waals surface area contributed by atoms with Gasteiger partial charge in [-0.3, -0.25) is 4.68 Å². The number of methoxy groups -OCH3 is 1. The van der Waals surface area contributed by atoms with Gasteiger partial charge in [0.2, 0.25) is 5.95 Å². The maximum absolute atomic E-state index is 14.4. The molecule has 11 heteroatoms. The summed E-state index contributed by atoms with van der Waals surface area (Å²) in [4.78, 5) is 22.6. The Morgan fingerprint density at radius 3 is 2.97 bits per heavy atom. The van der Waals surface area contributed by atoms with Crippen molar-refractivity contribution in [3.8, 4) is 5.75 Å². The third-order valence-corrected chi connectivity index (χ3v) is 6.27. The Hall–Kier alpha value is -3.76. The number of benzene rings is 1. The fourth-order valence-electron chi connectivity index (χ4n) is 4.53. The molecule has 178 valence electrons. The largest absolute Gasteiger partial charge is 0.494 e. The van der Waals surface area contributed by atoms with Crippen LogP contribution in [-0.4, -0.2) is 55.3 Å². The Bertz CT molecular complexity index is 1360. The highest BCUT2D eigenvalue weighted by molar-refractivity contribution is 5.93. The monoisotopic (exact) mass is 466 g/mol. The average Bonchev–Trinajstić information content (AvgIpc) is 3.48. The van der Waals surface area contributed by atoms with E-state index in [2.05, 4.69) is 20.1 Å². The van der Waals surface area contributed by atoms with E-state index in [1.807, 2.05) is 17.1 Å². The van der Waals surface area contributed by atoms with Gasteiger partial charge in [-0.2, -0.15) is 9.61 Å². The van der Waals surface area contributed by atoms with Gasteiger partial charge in [0.05, 0.1) is 24.5 Å². The number of carbonyl (C=O) groups excluding carboxylic acids is 1. The third kappa shape index (κ3) is 4.13. The highest BCUT2D eigenvalue weighted by Crippen LogP contribution is 2.31. The molecule has 1 aliphatic rings. The number of nitrogens with two attached hydrogens (primary N) is 1. The quantitative estimate of drug-likeness (QED) is 0.442. The summed E-state index contributed by atoms with van der Waals surface area (Å²) in [6.07, 6.45) is 7.14. The molecule has 2 N–H and O–H groups in total. The summed E-state index contributed by atoms with van der Waals surface area (Å²) in [6.45, 7) is 3.98. The number of aryl methyl sites for hydroxylation is 1. The fourth-order valence-corrected chi connectivity index (χ4v) is 4.53. The van der Waals surface area contributed by atoms with E-state index >= 15 is 0 Å². The molecule has 0 amide bonds. The topological polar surface area (TPSA) is 116 Å². The molecule has 1 aliphatic heterocycles. The molecule has 0 saturated carbocycles. The zero-order valence-corrected chi connectivity index (χ0v) is 19.2. The summed E-state index contributed by atoms with van der Waals surface area (Å²) in [5.74, 6) is 0.750. The van der Waals surface area contributed by atoms with Gasteiger partial charge in [0, 0.05) is 49.6 Å². The molecule has 3 aromatic heterocycles. The molecular formula is C23H27FN8O2. The van der Waals surface area contributed by atoms with Gasteiger partial charge in [-0.25, -0.2) is 14.4 Å². The Kier molecular flexibility index (Phi) is 5.76. The number of nitrogen functional groups attached to an aromatic ring is 1. The number of carbonyl (C=O) groups is 1. The molecule has 4 heterocycles. The molecule has 0 bridgehead atoms. The molecule has 0 radical (unpaired) electrons. The Morgan fingerprint density at radius 1 is 1.32 bits per heavy atom. The second kappa shape index (κ2) is 8.88. The van der Waals surface area contributed by atoms with Crippen molar-refractivity contribution in [1.29, 1.82) is 0 Å². The fraction of sp³-hybridized carbons (Fsp3) is 0.435. The minimum atomic E-state index is -0.489. The van der Waals surface area contributed by atoms with Crippen molar-refractivity contribution in [2.75, 3.05) is 30.8 Å². The number of nitrogens with zero attached hydrogens (tertiary/aromatic N) is 7. The van der Waals surface area contributed by atoms with Crippen LogP contribution in [0.1, 0.15) is 44.3 Å². The lowest BCUT2D eigenvalue weighted by atomic mass is 9.97. The number of anilines is 2. The second-order valence-electron chi connectivity index (χ2n) is 8.73. The van der Waals surface area contributed by atoms with Crippen LogP contribution in [0, 0.1) is 5.82 Å². The van der Waals surface area contributed by atoms with Crippen LogP contribution in [0.2, 0.25) is 0 Å². The summed E-state index contributed by atoms with van der Waals surface area (Å²) >= 11 is 0. The van der Waals surface area contributed by atoms with E-state index in [-0.39, 0.29) is 23.4 Å². The Morgan fingerprint density at radius 2 is 2.18 bits per heavy atom. The number of fused-ring (bicyclic) bond motifs is 3. The summed E-state index contributed by atoms with van der Waals surface area (Å²) in [6, 6.07) is 2.88. The number of aromatic nitrogens is 6. The van der Waals surface area contributed by atoms with Crippen LogP contribution in [0.15, 0.2) is 24.5 Å². The summed E-state index contributed by atoms with van der Waals surface area (Å²) in [5, 5.41) is 9.61. The van der Waals surface area contributed by atoms with E-state index < -0.39 is 5.82 Å². The molecule has 5 rings (SSSR count).